The van der Waals surface area contributed by atoms with Crippen molar-refractivity contribution in [3.05, 3.63) is 0 Å². The minimum absolute atomic E-state index is 0.284. The van der Waals surface area contributed by atoms with Gasteiger partial charge in [0, 0.05) is 11.3 Å². The zero-order chi connectivity index (χ0) is 11.5. The van der Waals surface area contributed by atoms with Crippen molar-refractivity contribution in [3.63, 3.8) is 0 Å². The standard InChI is InChI=1S/C13H25NOS/c1-9(13(8-15)16-2)14-7-12-6-10-3-4-11(12)5-10/h9-15H,3-8H2,1-2H3. The lowest BCUT2D eigenvalue weighted by Gasteiger charge is -2.27. The van der Waals surface area contributed by atoms with Crippen molar-refractivity contribution in [2.75, 3.05) is 19.4 Å². The number of nitrogens with one attached hydrogen (secondary N) is 1. The first kappa shape index (κ1) is 12.7. The second kappa shape index (κ2) is 5.74. The van der Waals surface area contributed by atoms with Gasteiger partial charge in [-0.1, -0.05) is 6.42 Å². The molecule has 2 rings (SSSR count). The van der Waals surface area contributed by atoms with Gasteiger partial charge in [0.2, 0.25) is 0 Å². The molecule has 2 fully saturated rings. The fourth-order valence-electron chi connectivity index (χ4n) is 3.53. The third kappa shape index (κ3) is 2.74. The van der Waals surface area contributed by atoms with Crippen LogP contribution in [0.3, 0.4) is 0 Å². The predicted octanol–water partition coefficient (Wildman–Crippen LogP) is 2.12. The van der Waals surface area contributed by atoms with Crippen LogP contribution in [0.1, 0.15) is 32.6 Å². The molecule has 3 heteroatoms. The summed E-state index contributed by atoms with van der Waals surface area (Å²) in [5.41, 5.74) is 0. The van der Waals surface area contributed by atoms with Gasteiger partial charge < -0.3 is 10.4 Å². The van der Waals surface area contributed by atoms with Crippen LogP contribution >= 0.6 is 11.8 Å². The van der Waals surface area contributed by atoms with Gasteiger partial charge in [-0.25, -0.2) is 0 Å². The highest BCUT2D eigenvalue weighted by atomic mass is 32.2. The minimum atomic E-state index is 0.284. The molecule has 2 bridgehead atoms. The van der Waals surface area contributed by atoms with E-state index in [1.165, 1.54) is 32.2 Å². The Kier molecular flexibility index (Phi) is 4.57. The summed E-state index contributed by atoms with van der Waals surface area (Å²) in [5.74, 6) is 2.97. The molecule has 16 heavy (non-hydrogen) atoms. The van der Waals surface area contributed by atoms with E-state index >= 15 is 0 Å². The molecular weight excluding hydrogens is 218 g/mol. The van der Waals surface area contributed by atoms with Crippen molar-refractivity contribution < 1.29 is 5.11 Å². The summed E-state index contributed by atoms with van der Waals surface area (Å²) in [5, 5.41) is 13.2. The smallest absolute Gasteiger partial charge is 0.0564 e. The Labute approximate surface area is 104 Å². The molecule has 0 spiro atoms. The Bertz CT molecular complexity index is 220. The molecule has 2 aliphatic carbocycles. The Morgan fingerprint density at radius 3 is 2.69 bits per heavy atom. The second-order valence-corrected chi connectivity index (χ2v) is 6.67. The van der Waals surface area contributed by atoms with Crippen molar-refractivity contribution >= 4 is 11.8 Å². The zero-order valence-electron chi connectivity index (χ0n) is 10.5. The summed E-state index contributed by atoms with van der Waals surface area (Å²) in [6, 6.07) is 0.430. The van der Waals surface area contributed by atoms with E-state index < -0.39 is 0 Å². The van der Waals surface area contributed by atoms with E-state index in [2.05, 4.69) is 18.5 Å². The number of thioether (sulfide) groups is 1. The fourth-order valence-corrected chi connectivity index (χ4v) is 4.19. The van der Waals surface area contributed by atoms with Crippen molar-refractivity contribution in [2.45, 2.75) is 43.9 Å². The Morgan fingerprint density at radius 1 is 1.38 bits per heavy atom. The molecule has 2 nitrogen and oxygen atoms in total. The van der Waals surface area contributed by atoms with E-state index in [4.69, 9.17) is 0 Å². The third-order valence-corrected chi connectivity index (χ3v) is 5.79. The van der Waals surface area contributed by atoms with Crippen molar-refractivity contribution in [2.24, 2.45) is 17.8 Å². The summed E-state index contributed by atoms with van der Waals surface area (Å²) in [4.78, 5) is 0. The first-order valence-electron chi connectivity index (χ1n) is 6.61. The van der Waals surface area contributed by atoms with Gasteiger partial charge in [0.1, 0.15) is 0 Å². The van der Waals surface area contributed by atoms with Crippen LogP contribution in [0.5, 0.6) is 0 Å². The molecule has 0 aromatic rings. The monoisotopic (exact) mass is 243 g/mol. The van der Waals surface area contributed by atoms with Crippen LogP contribution in [0, 0.1) is 17.8 Å². The highest BCUT2D eigenvalue weighted by molar-refractivity contribution is 7.99. The van der Waals surface area contributed by atoms with Gasteiger partial charge in [-0.05, 0) is 56.7 Å². The molecule has 0 aromatic heterocycles. The molecule has 0 heterocycles. The Balaban J connectivity index is 1.71. The molecule has 2 aliphatic rings. The van der Waals surface area contributed by atoms with E-state index in [1.807, 2.05) is 0 Å². The SMILES string of the molecule is CSC(CO)C(C)NCC1CC2CCC1C2. The molecule has 0 amide bonds. The normalized spacial score (nSPS) is 36.6. The van der Waals surface area contributed by atoms with E-state index in [1.54, 1.807) is 11.8 Å². The predicted molar refractivity (Wildman–Crippen MR) is 70.8 cm³/mol. The maximum atomic E-state index is 9.23. The number of fused-ring (bicyclic) bond motifs is 2. The quantitative estimate of drug-likeness (QED) is 0.749. The molecule has 94 valence electrons. The summed E-state index contributed by atoms with van der Waals surface area (Å²) < 4.78 is 0. The lowest BCUT2D eigenvalue weighted by Crippen LogP contribution is -2.40. The summed E-state index contributed by atoms with van der Waals surface area (Å²) >= 11 is 1.76. The molecule has 5 atom stereocenters. The minimum Gasteiger partial charge on any atom is -0.395 e. The number of hydrogen-bond donors (Lipinski definition) is 2. The number of rotatable bonds is 6. The first-order valence-corrected chi connectivity index (χ1v) is 7.90. The lowest BCUT2D eigenvalue weighted by atomic mass is 9.88. The molecular formula is C13H25NOS. The lowest BCUT2D eigenvalue weighted by molar-refractivity contribution is 0.262. The zero-order valence-corrected chi connectivity index (χ0v) is 11.3. The Hall–Kier alpha value is 0.270. The molecule has 2 saturated carbocycles. The molecule has 0 aromatic carbocycles. The van der Waals surface area contributed by atoms with Crippen LogP contribution in [-0.4, -0.2) is 35.8 Å². The number of aliphatic hydroxyl groups excluding tert-OH is 1. The average Bonchev–Trinajstić information content (AvgIpc) is 2.89. The number of hydrogen-bond acceptors (Lipinski definition) is 3. The number of aliphatic hydroxyl groups is 1. The van der Waals surface area contributed by atoms with E-state index in [0.717, 1.165) is 17.8 Å². The van der Waals surface area contributed by atoms with Gasteiger partial charge in [-0.3, -0.25) is 0 Å². The highest BCUT2D eigenvalue weighted by Gasteiger charge is 2.39. The molecule has 0 radical (unpaired) electrons. The molecule has 2 N–H and O–H groups in total. The van der Waals surface area contributed by atoms with Crippen LogP contribution in [0.15, 0.2) is 0 Å². The first-order chi connectivity index (χ1) is 7.74. The van der Waals surface area contributed by atoms with Crippen molar-refractivity contribution in [1.82, 2.24) is 5.32 Å². The van der Waals surface area contributed by atoms with Gasteiger partial charge in [0.25, 0.3) is 0 Å². The van der Waals surface area contributed by atoms with Crippen molar-refractivity contribution in [3.8, 4) is 0 Å². The fraction of sp³-hybridized carbons (Fsp3) is 1.00. The molecule has 0 aliphatic heterocycles. The molecule has 0 saturated heterocycles. The van der Waals surface area contributed by atoms with Crippen molar-refractivity contribution in [1.29, 1.82) is 0 Å². The average molecular weight is 243 g/mol. The van der Waals surface area contributed by atoms with E-state index in [0.29, 0.717) is 11.3 Å². The maximum absolute atomic E-state index is 9.23. The van der Waals surface area contributed by atoms with Crippen LogP contribution in [0.25, 0.3) is 0 Å². The van der Waals surface area contributed by atoms with E-state index in [9.17, 15) is 5.11 Å². The van der Waals surface area contributed by atoms with Crippen LogP contribution in [0.2, 0.25) is 0 Å². The van der Waals surface area contributed by atoms with Gasteiger partial charge >= 0.3 is 0 Å². The van der Waals surface area contributed by atoms with E-state index in [-0.39, 0.29) is 6.61 Å². The largest absolute Gasteiger partial charge is 0.395 e. The van der Waals surface area contributed by atoms with Gasteiger partial charge in [0.05, 0.1) is 6.61 Å². The summed E-state index contributed by atoms with van der Waals surface area (Å²) in [7, 11) is 0. The van der Waals surface area contributed by atoms with Crippen LogP contribution in [0.4, 0.5) is 0 Å². The van der Waals surface area contributed by atoms with Crippen LogP contribution < -0.4 is 5.32 Å². The topological polar surface area (TPSA) is 32.3 Å². The van der Waals surface area contributed by atoms with Crippen LogP contribution in [-0.2, 0) is 0 Å². The van der Waals surface area contributed by atoms with Gasteiger partial charge in [0.15, 0.2) is 0 Å². The highest BCUT2D eigenvalue weighted by Crippen LogP contribution is 2.47. The summed E-state index contributed by atoms with van der Waals surface area (Å²) in [6.45, 7) is 3.65. The molecule has 5 unspecified atom stereocenters. The second-order valence-electron chi connectivity index (χ2n) is 5.59. The van der Waals surface area contributed by atoms with Gasteiger partial charge in [-0.2, -0.15) is 11.8 Å². The Morgan fingerprint density at radius 2 is 2.19 bits per heavy atom. The summed E-state index contributed by atoms with van der Waals surface area (Å²) in [6.07, 6.45) is 7.98. The third-order valence-electron chi connectivity index (χ3n) is 4.63. The van der Waals surface area contributed by atoms with Gasteiger partial charge in [-0.15, -0.1) is 0 Å². The maximum Gasteiger partial charge on any atom is 0.0564 e.